The molecule has 0 N–H and O–H groups in total. The first-order valence-electron chi connectivity index (χ1n) is 6.19. The summed E-state index contributed by atoms with van der Waals surface area (Å²) in [4.78, 5) is 5.13. The van der Waals surface area contributed by atoms with Crippen LogP contribution in [0, 0.1) is 0 Å². The van der Waals surface area contributed by atoms with Crippen LogP contribution in [-0.2, 0) is 0 Å². The molecule has 0 radical (unpaired) electrons. The molecule has 0 aliphatic heterocycles. The highest BCUT2D eigenvalue weighted by atomic mass is 15.1. The van der Waals surface area contributed by atoms with Crippen molar-refractivity contribution in [3.63, 3.8) is 0 Å². The summed E-state index contributed by atoms with van der Waals surface area (Å²) in [6.07, 6.45) is 3.29. The summed E-state index contributed by atoms with van der Waals surface area (Å²) in [6, 6.07) is 10.4. The number of anilines is 1. The Morgan fingerprint density at radius 2 is 1.88 bits per heavy atom. The summed E-state index contributed by atoms with van der Waals surface area (Å²) >= 11 is 0. The van der Waals surface area contributed by atoms with Gasteiger partial charge in [0, 0.05) is 30.2 Å². The minimum absolute atomic E-state index is 0.575. The van der Waals surface area contributed by atoms with Gasteiger partial charge in [-0.15, -0.1) is 0 Å². The molecule has 1 aromatic carbocycles. The van der Waals surface area contributed by atoms with E-state index in [1.807, 2.05) is 6.07 Å². The third kappa shape index (κ3) is 5.27. The number of unbranched alkanes of at least 4 members (excludes halogenated alkanes) is 1. The van der Waals surface area contributed by atoms with E-state index < -0.39 is 0 Å². The molecular formula is C13H20N4. The minimum Gasteiger partial charge on any atom is -0.372 e. The summed E-state index contributed by atoms with van der Waals surface area (Å²) in [5.74, 6) is 0. The van der Waals surface area contributed by atoms with Crippen molar-refractivity contribution >= 4 is 5.69 Å². The largest absolute Gasteiger partial charge is 0.372 e. The number of hydrogen-bond acceptors (Lipinski definition) is 2. The molecule has 0 saturated heterocycles. The molecule has 17 heavy (non-hydrogen) atoms. The van der Waals surface area contributed by atoms with Crippen molar-refractivity contribution in [3.8, 4) is 0 Å². The molecule has 4 heteroatoms. The molecule has 0 aliphatic rings. The lowest BCUT2D eigenvalue weighted by molar-refractivity contribution is 0.688. The maximum atomic E-state index is 8.23. The lowest BCUT2D eigenvalue weighted by atomic mass is 10.2. The van der Waals surface area contributed by atoms with Gasteiger partial charge in [-0.2, -0.15) is 0 Å². The molecule has 0 bridgehead atoms. The molecule has 0 spiro atoms. The molecule has 1 rings (SSSR count). The average Bonchev–Trinajstić information content (AvgIpc) is 2.39. The smallest absolute Gasteiger partial charge is 0.0366 e. The zero-order valence-corrected chi connectivity index (χ0v) is 10.4. The maximum absolute atomic E-state index is 8.23. The van der Waals surface area contributed by atoms with Gasteiger partial charge in [0.2, 0.25) is 0 Å². The number of hydrogen-bond donors (Lipinski definition) is 0. The zero-order valence-electron chi connectivity index (χ0n) is 10.4. The zero-order chi connectivity index (χ0) is 12.3. The summed E-state index contributed by atoms with van der Waals surface area (Å²) < 4.78 is 0. The van der Waals surface area contributed by atoms with E-state index in [1.54, 1.807) is 0 Å². The Balaban J connectivity index is 2.51. The SMILES string of the molecule is CCCCN(CCCN=[N+]=[N-])c1ccccc1. The molecule has 92 valence electrons. The van der Waals surface area contributed by atoms with E-state index in [0.29, 0.717) is 6.54 Å². The molecule has 0 saturated carbocycles. The molecule has 0 aliphatic carbocycles. The number of nitrogens with zero attached hydrogens (tertiary/aromatic N) is 4. The predicted molar refractivity (Wildman–Crippen MR) is 72.2 cm³/mol. The Hall–Kier alpha value is -1.67. The Morgan fingerprint density at radius 3 is 2.53 bits per heavy atom. The van der Waals surface area contributed by atoms with Crippen LogP contribution in [-0.4, -0.2) is 19.6 Å². The van der Waals surface area contributed by atoms with Gasteiger partial charge in [-0.1, -0.05) is 36.7 Å². The Labute approximate surface area is 103 Å². The van der Waals surface area contributed by atoms with Crippen LogP contribution >= 0.6 is 0 Å². The second-order valence-electron chi connectivity index (χ2n) is 3.98. The van der Waals surface area contributed by atoms with Crippen LogP contribution in [0.15, 0.2) is 35.4 Å². The van der Waals surface area contributed by atoms with E-state index in [0.717, 1.165) is 19.5 Å². The topological polar surface area (TPSA) is 52.0 Å². The summed E-state index contributed by atoms with van der Waals surface area (Å²) in [5, 5.41) is 3.57. The molecule has 4 nitrogen and oxygen atoms in total. The summed E-state index contributed by atoms with van der Waals surface area (Å²) in [7, 11) is 0. The maximum Gasteiger partial charge on any atom is 0.0366 e. The van der Waals surface area contributed by atoms with Gasteiger partial charge in [-0.25, -0.2) is 0 Å². The van der Waals surface area contributed by atoms with Crippen LogP contribution in [0.5, 0.6) is 0 Å². The third-order valence-corrected chi connectivity index (χ3v) is 2.65. The van der Waals surface area contributed by atoms with Crippen LogP contribution < -0.4 is 4.90 Å². The molecule has 1 aromatic rings. The molecule has 0 amide bonds. The number of benzene rings is 1. The fraction of sp³-hybridized carbons (Fsp3) is 0.538. The van der Waals surface area contributed by atoms with Gasteiger partial charge < -0.3 is 4.90 Å². The van der Waals surface area contributed by atoms with E-state index in [4.69, 9.17) is 5.53 Å². The highest BCUT2D eigenvalue weighted by Gasteiger charge is 2.04. The highest BCUT2D eigenvalue weighted by Crippen LogP contribution is 2.14. The van der Waals surface area contributed by atoms with E-state index in [2.05, 4.69) is 46.1 Å². The van der Waals surface area contributed by atoms with Crippen LogP contribution in [0.1, 0.15) is 26.2 Å². The van der Waals surface area contributed by atoms with Crippen molar-refractivity contribution in [1.29, 1.82) is 0 Å². The van der Waals surface area contributed by atoms with Gasteiger partial charge in [0.25, 0.3) is 0 Å². The lowest BCUT2D eigenvalue weighted by Gasteiger charge is -2.24. The van der Waals surface area contributed by atoms with Crippen LogP contribution in [0.4, 0.5) is 5.69 Å². The lowest BCUT2D eigenvalue weighted by Crippen LogP contribution is -2.25. The van der Waals surface area contributed by atoms with Crippen molar-refractivity contribution in [3.05, 3.63) is 40.8 Å². The molecular weight excluding hydrogens is 212 g/mol. The normalized spacial score (nSPS) is 9.71. The molecule has 0 heterocycles. The fourth-order valence-electron chi connectivity index (χ4n) is 1.73. The molecule has 0 unspecified atom stereocenters. The van der Waals surface area contributed by atoms with Crippen LogP contribution in [0.25, 0.3) is 10.4 Å². The van der Waals surface area contributed by atoms with Crippen molar-refractivity contribution in [1.82, 2.24) is 0 Å². The summed E-state index contributed by atoms with van der Waals surface area (Å²) in [6.45, 7) is 4.79. The van der Waals surface area contributed by atoms with Crippen LogP contribution in [0.2, 0.25) is 0 Å². The highest BCUT2D eigenvalue weighted by molar-refractivity contribution is 5.45. The molecule has 0 fully saturated rings. The van der Waals surface area contributed by atoms with E-state index in [-0.39, 0.29) is 0 Å². The molecule has 0 aromatic heterocycles. The second-order valence-corrected chi connectivity index (χ2v) is 3.98. The van der Waals surface area contributed by atoms with Gasteiger partial charge in [-0.05, 0) is 30.5 Å². The van der Waals surface area contributed by atoms with Crippen molar-refractivity contribution in [2.75, 3.05) is 24.5 Å². The van der Waals surface area contributed by atoms with E-state index >= 15 is 0 Å². The van der Waals surface area contributed by atoms with Gasteiger partial charge in [0.15, 0.2) is 0 Å². The quantitative estimate of drug-likeness (QED) is 0.289. The Bertz CT molecular complexity index is 344. The fourth-order valence-corrected chi connectivity index (χ4v) is 1.73. The summed E-state index contributed by atoms with van der Waals surface area (Å²) in [5.41, 5.74) is 9.49. The Kier molecular flexibility index (Phi) is 6.68. The third-order valence-electron chi connectivity index (χ3n) is 2.65. The van der Waals surface area contributed by atoms with Gasteiger partial charge in [0.1, 0.15) is 0 Å². The minimum atomic E-state index is 0.575. The van der Waals surface area contributed by atoms with Gasteiger partial charge in [0.05, 0.1) is 0 Å². The second kappa shape index (κ2) is 8.48. The first-order chi connectivity index (χ1) is 8.38. The number of para-hydroxylation sites is 1. The first-order valence-corrected chi connectivity index (χ1v) is 6.19. The van der Waals surface area contributed by atoms with Gasteiger partial charge in [-0.3, -0.25) is 0 Å². The standard InChI is InChI=1S/C13H20N4/c1-2-3-11-17(12-7-10-15-16-14)13-8-5-4-6-9-13/h4-6,8-9H,2-3,7,10-12H2,1H3. The van der Waals surface area contributed by atoms with E-state index in [1.165, 1.54) is 18.5 Å². The van der Waals surface area contributed by atoms with Crippen molar-refractivity contribution in [2.24, 2.45) is 5.11 Å². The number of rotatable bonds is 8. The predicted octanol–water partition coefficient (Wildman–Crippen LogP) is 3.99. The molecule has 0 atom stereocenters. The first kappa shape index (κ1) is 13.4. The Morgan fingerprint density at radius 1 is 1.18 bits per heavy atom. The monoisotopic (exact) mass is 232 g/mol. The van der Waals surface area contributed by atoms with Crippen molar-refractivity contribution in [2.45, 2.75) is 26.2 Å². The average molecular weight is 232 g/mol. The number of azide groups is 1. The van der Waals surface area contributed by atoms with Gasteiger partial charge >= 0.3 is 0 Å². The van der Waals surface area contributed by atoms with Crippen LogP contribution in [0.3, 0.4) is 0 Å². The van der Waals surface area contributed by atoms with E-state index in [9.17, 15) is 0 Å². The van der Waals surface area contributed by atoms with Crippen molar-refractivity contribution < 1.29 is 0 Å².